The van der Waals surface area contributed by atoms with Crippen molar-refractivity contribution in [2.75, 3.05) is 19.6 Å². The van der Waals surface area contributed by atoms with E-state index in [9.17, 15) is 4.79 Å². The molecule has 0 aliphatic rings. The Morgan fingerprint density at radius 3 is 2.24 bits per heavy atom. The average Bonchev–Trinajstić information content (AvgIpc) is 2.47. The van der Waals surface area contributed by atoms with E-state index in [0.29, 0.717) is 6.04 Å². The predicted molar refractivity (Wildman–Crippen MR) is 89.8 cm³/mol. The van der Waals surface area contributed by atoms with Gasteiger partial charge in [0.2, 0.25) is 0 Å². The second-order valence-corrected chi connectivity index (χ2v) is 5.89. The first-order valence-corrected chi connectivity index (χ1v) is 8.86. The van der Waals surface area contributed by atoms with E-state index in [2.05, 4.69) is 24.5 Å². The van der Waals surface area contributed by atoms with Gasteiger partial charge in [-0.05, 0) is 32.4 Å². The predicted octanol–water partition coefficient (Wildman–Crippen LogP) is 3.56. The Kier molecular flexibility index (Phi) is 15.3. The standard InChI is InChI=1S/C17H36N2O2/c1-3-5-6-7-8-9-10-12-16(4-2)19-14-11-13-18-15-17(20)21/h16,18-19H,3-15H2,1-2H3,(H,20,21). The fraction of sp³-hybridized carbons (Fsp3) is 0.941. The first kappa shape index (κ1) is 20.4. The van der Waals surface area contributed by atoms with Crippen molar-refractivity contribution in [3.63, 3.8) is 0 Å². The third-order valence-electron chi connectivity index (χ3n) is 3.89. The van der Waals surface area contributed by atoms with Gasteiger partial charge < -0.3 is 15.7 Å². The first-order valence-electron chi connectivity index (χ1n) is 8.86. The van der Waals surface area contributed by atoms with Gasteiger partial charge in [0.1, 0.15) is 0 Å². The van der Waals surface area contributed by atoms with Crippen molar-refractivity contribution in [2.24, 2.45) is 0 Å². The summed E-state index contributed by atoms with van der Waals surface area (Å²) in [5.41, 5.74) is 0. The average molecular weight is 300 g/mol. The SMILES string of the molecule is CCCCCCCCCC(CC)NCCCNCC(=O)O. The molecule has 21 heavy (non-hydrogen) atoms. The molecule has 0 amide bonds. The van der Waals surface area contributed by atoms with Gasteiger partial charge >= 0.3 is 5.97 Å². The molecule has 4 nitrogen and oxygen atoms in total. The van der Waals surface area contributed by atoms with Crippen LogP contribution in [-0.4, -0.2) is 36.8 Å². The summed E-state index contributed by atoms with van der Waals surface area (Å²) in [6.45, 7) is 6.31. The van der Waals surface area contributed by atoms with Crippen LogP contribution in [0.2, 0.25) is 0 Å². The lowest BCUT2D eigenvalue weighted by atomic mass is 10.0. The minimum atomic E-state index is -0.784. The van der Waals surface area contributed by atoms with Crippen LogP contribution < -0.4 is 10.6 Å². The third kappa shape index (κ3) is 15.6. The summed E-state index contributed by atoms with van der Waals surface area (Å²) in [6, 6.07) is 0.625. The molecule has 0 saturated carbocycles. The number of rotatable bonds is 16. The van der Waals surface area contributed by atoms with Crippen LogP contribution in [0.4, 0.5) is 0 Å². The number of nitrogens with one attached hydrogen (secondary N) is 2. The molecule has 0 aliphatic heterocycles. The molecule has 0 bridgehead atoms. The van der Waals surface area contributed by atoms with Gasteiger partial charge in [-0.3, -0.25) is 4.79 Å². The summed E-state index contributed by atoms with van der Waals surface area (Å²) in [7, 11) is 0. The maximum absolute atomic E-state index is 10.3. The number of carbonyl (C=O) groups is 1. The lowest BCUT2D eigenvalue weighted by molar-refractivity contribution is -0.135. The Morgan fingerprint density at radius 2 is 1.62 bits per heavy atom. The molecule has 0 rings (SSSR count). The van der Waals surface area contributed by atoms with Gasteiger partial charge in [0.25, 0.3) is 0 Å². The van der Waals surface area contributed by atoms with Crippen molar-refractivity contribution in [1.29, 1.82) is 0 Å². The highest BCUT2D eigenvalue weighted by atomic mass is 16.4. The summed E-state index contributed by atoms with van der Waals surface area (Å²) < 4.78 is 0. The summed E-state index contributed by atoms with van der Waals surface area (Å²) in [4.78, 5) is 10.3. The number of aliphatic carboxylic acids is 1. The van der Waals surface area contributed by atoms with Crippen LogP contribution in [0.25, 0.3) is 0 Å². The lowest BCUT2D eigenvalue weighted by Gasteiger charge is -2.17. The van der Waals surface area contributed by atoms with Crippen LogP contribution >= 0.6 is 0 Å². The quantitative estimate of drug-likeness (QED) is 0.381. The molecule has 126 valence electrons. The van der Waals surface area contributed by atoms with Gasteiger partial charge in [0.15, 0.2) is 0 Å². The topological polar surface area (TPSA) is 61.4 Å². The van der Waals surface area contributed by atoms with Crippen LogP contribution in [0.3, 0.4) is 0 Å². The van der Waals surface area contributed by atoms with Crippen LogP contribution in [0.15, 0.2) is 0 Å². The minimum Gasteiger partial charge on any atom is -0.480 e. The number of unbranched alkanes of at least 4 members (excludes halogenated alkanes) is 6. The number of carboxylic acids is 1. The molecular weight excluding hydrogens is 264 g/mol. The van der Waals surface area contributed by atoms with Crippen molar-refractivity contribution in [2.45, 2.75) is 84.1 Å². The van der Waals surface area contributed by atoms with E-state index in [4.69, 9.17) is 5.11 Å². The molecule has 1 unspecified atom stereocenters. The highest BCUT2D eigenvalue weighted by Crippen LogP contribution is 2.10. The van der Waals surface area contributed by atoms with E-state index >= 15 is 0 Å². The van der Waals surface area contributed by atoms with Gasteiger partial charge in [0, 0.05) is 6.04 Å². The number of hydrogen-bond acceptors (Lipinski definition) is 3. The molecule has 0 radical (unpaired) electrons. The van der Waals surface area contributed by atoms with Crippen LogP contribution in [0.1, 0.15) is 78.1 Å². The molecule has 0 saturated heterocycles. The zero-order valence-electron chi connectivity index (χ0n) is 14.1. The molecule has 3 N–H and O–H groups in total. The van der Waals surface area contributed by atoms with Crippen molar-refractivity contribution < 1.29 is 9.90 Å². The van der Waals surface area contributed by atoms with E-state index in [1.165, 1.54) is 57.8 Å². The molecule has 0 aromatic rings. The van der Waals surface area contributed by atoms with E-state index in [1.54, 1.807) is 0 Å². The Bertz CT molecular complexity index is 235. The molecule has 1 atom stereocenters. The number of hydrogen-bond donors (Lipinski definition) is 3. The lowest BCUT2D eigenvalue weighted by Crippen LogP contribution is -2.32. The van der Waals surface area contributed by atoms with Gasteiger partial charge in [-0.15, -0.1) is 0 Å². The molecular formula is C17H36N2O2. The molecule has 0 fully saturated rings. The molecule has 0 spiro atoms. The maximum Gasteiger partial charge on any atom is 0.317 e. The second kappa shape index (κ2) is 15.8. The van der Waals surface area contributed by atoms with Crippen molar-refractivity contribution in [3.8, 4) is 0 Å². The highest BCUT2D eigenvalue weighted by Gasteiger charge is 2.04. The van der Waals surface area contributed by atoms with Crippen LogP contribution in [0, 0.1) is 0 Å². The Morgan fingerprint density at radius 1 is 0.952 bits per heavy atom. The maximum atomic E-state index is 10.3. The monoisotopic (exact) mass is 300 g/mol. The van der Waals surface area contributed by atoms with E-state index in [1.807, 2.05) is 0 Å². The van der Waals surface area contributed by atoms with Gasteiger partial charge in [-0.1, -0.05) is 58.8 Å². The summed E-state index contributed by atoms with van der Waals surface area (Å²) in [6.07, 6.45) is 13.0. The zero-order chi connectivity index (χ0) is 15.8. The summed E-state index contributed by atoms with van der Waals surface area (Å²) in [5.74, 6) is -0.784. The fourth-order valence-corrected chi connectivity index (χ4v) is 2.51. The third-order valence-corrected chi connectivity index (χ3v) is 3.89. The van der Waals surface area contributed by atoms with Crippen molar-refractivity contribution in [1.82, 2.24) is 10.6 Å². The molecule has 0 aromatic carbocycles. The van der Waals surface area contributed by atoms with Gasteiger partial charge in [-0.2, -0.15) is 0 Å². The van der Waals surface area contributed by atoms with Gasteiger partial charge in [0.05, 0.1) is 6.54 Å². The van der Waals surface area contributed by atoms with Crippen LogP contribution in [0.5, 0.6) is 0 Å². The summed E-state index contributed by atoms with van der Waals surface area (Å²) in [5, 5.41) is 15.0. The Hall–Kier alpha value is -0.610. The summed E-state index contributed by atoms with van der Waals surface area (Å²) >= 11 is 0. The second-order valence-electron chi connectivity index (χ2n) is 5.89. The molecule has 0 heterocycles. The molecule has 4 heteroatoms. The van der Waals surface area contributed by atoms with Gasteiger partial charge in [-0.25, -0.2) is 0 Å². The van der Waals surface area contributed by atoms with E-state index in [-0.39, 0.29) is 6.54 Å². The Labute approximate surface area is 131 Å². The first-order chi connectivity index (χ1) is 10.2. The van der Waals surface area contributed by atoms with Crippen LogP contribution in [-0.2, 0) is 4.79 Å². The molecule has 0 aromatic heterocycles. The minimum absolute atomic E-state index is 0.0647. The van der Waals surface area contributed by atoms with Crippen molar-refractivity contribution >= 4 is 5.97 Å². The Balaban J connectivity index is 3.35. The van der Waals surface area contributed by atoms with E-state index in [0.717, 1.165) is 19.5 Å². The fourth-order valence-electron chi connectivity index (χ4n) is 2.51. The zero-order valence-corrected chi connectivity index (χ0v) is 14.1. The molecule has 0 aliphatic carbocycles. The largest absolute Gasteiger partial charge is 0.480 e. The highest BCUT2D eigenvalue weighted by molar-refractivity contribution is 5.68. The van der Waals surface area contributed by atoms with E-state index < -0.39 is 5.97 Å². The smallest absolute Gasteiger partial charge is 0.317 e. The number of carboxylic acid groups (broad SMARTS) is 1. The normalized spacial score (nSPS) is 12.5. The van der Waals surface area contributed by atoms with Crippen molar-refractivity contribution in [3.05, 3.63) is 0 Å².